The van der Waals surface area contributed by atoms with Crippen molar-refractivity contribution in [3.05, 3.63) is 57.5 Å². The molecule has 0 spiro atoms. The van der Waals surface area contributed by atoms with Gasteiger partial charge >= 0.3 is 0 Å². The van der Waals surface area contributed by atoms with Gasteiger partial charge in [-0.3, -0.25) is 9.69 Å². The number of aryl methyl sites for hydroxylation is 3. The third kappa shape index (κ3) is 5.51. The fraction of sp³-hybridized carbons (Fsp3) is 0.500. The van der Waals surface area contributed by atoms with Crippen LogP contribution in [0.3, 0.4) is 0 Å². The molecule has 162 valence electrons. The second-order valence-corrected chi connectivity index (χ2v) is 8.15. The number of hydrogen-bond donors (Lipinski definition) is 1. The summed E-state index contributed by atoms with van der Waals surface area (Å²) in [6.45, 7) is 11.9. The number of rotatable bonds is 8. The van der Waals surface area contributed by atoms with Gasteiger partial charge in [-0.1, -0.05) is 43.2 Å². The number of allylic oxidation sites excluding steroid dienone is 1. The Kier molecular flexibility index (Phi) is 7.69. The quantitative estimate of drug-likeness (QED) is 0.723. The molecule has 0 bridgehead atoms. The Labute approximate surface area is 180 Å². The van der Waals surface area contributed by atoms with Crippen molar-refractivity contribution in [1.29, 1.82) is 0 Å². The lowest BCUT2D eigenvalue weighted by Gasteiger charge is -2.36. The van der Waals surface area contributed by atoms with Gasteiger partial charge in [0.15, 0.2) is 0 Å². The average molecular weight is 410 g/mol. The third-order valence-electron chi connectivity index (χ3n) is 5.77. The lowest BCUT2D eigenvalue weighted by molar-refractivity contribution is 0.248. The summed E-state index contributed by atoms with van der Waals surface area (Å²) in [4.78, 5) is 17.5. The lowest BCUT2D eigenvalue weighted by atomic mass is 10.1. The molecule has 1 saturated heterocycles. The smallest absolute Gasteiger partial charge is 0.290 e. The molecule has 1 aromatic carbocycles. The van der Waals surface area contributed by atoms with Gasteiger partial charge in [0.1, 0.15) is 5.69 Å². The number of benzene rings is 1. The normalized spacial score (nSPS) is 15.2. The summed E-state index contributed by atoms with van der Waals surface area (Å²) in [5.41, 5.74) is 10.4. The summed E-state index contributed by atoms with van der Waals surface area (Å²) in [6.07, 6.45) is 6.92. The molecule has 30 heavy (non-hydrogen) atoms. The SMILES string of the molecule is CCC/C=C/c1c(C)nn(CCCN2CCN(c3ccc(C)cc3)CC2)c(=O)c1N. The maximum atomic E-state index is 12.6. The van der Waals surface area contributed by atoms with Crippen molar-refractivity contribution in [3.63, 3.8) is 0 Å². The molecule has 2 heterocycles. The fourth-order valence-corrected chi connectivity index (χ4v) is 3.89. The van der Waals surface area contributed by atoms with E-state index in [4.69, 9.17) is 5.73 Å². The molecule has 6 nitrogen and oxygen atoms in total. The molecule has 0 unspecified atom stereocenters. The van der Waals surface area contributed by atoms with Crippen LogP contribution in [0, 0.1) is 13.8 Å². The zero-order chi connectivity index (χ0) is 21.5. The van der Waals surface area contributed by atoms with Crippen molar-refractivity contribution in [2.45, 2.75) is 46.6 Å². The Bertz CT molecular complexity index is 908. The maximum Gasteiger partial charge on any atom is 0.290 e. The molecular weight excluding hydrogens is 374 g/mol. The van der Waals surface area contributed by atoms with Crippen LogP contribution in [0.2, 0.25) is 0 Å². The number of anilines is 2. The first-order chi connectivity index (χ1) is 14.5. The molecule has 0 saturated carbocycles. The highest BCUT2D eigenvalue weighted by Gasteiger charge is 2.17. The zero-order valence-electron chi connectivity index (χ0n) is 18.6. The van der Waals surface area contributed by atoms with Crippen molar-refractivity contribution in [2.24, 2.45) is 0 Å². The summed E-state index contributed by atoms with van der Waals surface area (Å²) in [5, 5.41) is 4.50. The van der Waals surface area contributed by atoms with Crippen molar-refractivity contribution in [2.75, 3.05) is 43.4 Å². The predicted molar refractivity (Wildman–Crippen MR) is 126 cm³/mol. The molecule has 1 aliphatic rings. The first-order valence-electron chi connectivity index (χ1n) is 11.1. The molecule has 0 atom stereocenters. The number of nitrogen functional groups attached to an aromatic ring is 1. The fourth-order valence-electron chi connectivity index (χ4n) is 3.89. The van der Waals surface area contributed by atoms with E-state index in [1.54, 1.807) is 0 Å². The Morgan fingerprint density at radius 1 is 1.07 bits per heavy atom. The second-order valence-electron chi connectivity index (χ2n) is 8.15. The van der Waals surface area contributed by atoms with E-state index in [1.807, 2.05) is 13.0 Å². The lowest BCUT2D eigenvalue weighted by Crippen LogP contribution is -2.46. The van der Waals surface area contributed by atoms with E-state index in [9.17, 15) is 4.79 Å². The van der Waals surface area contributed by atoms with Crippen LogP contribution >= 0.6 is 0 Å². The number of hydrogen-bond acceptors (Lipinski definition) is 5. The molecule has 0 amide bonds. The van der Waals surface area contributed by atoms with Gasteiger partial charge in [-0.05, 0) is 38.8 Å². The summed E-state index contributed by atoms with van der Waals surface area (Å²) in [7, 11) is 0. The monoisotopic (exact) mass is 409 g/mol. The van der Waals surface area contributed by atoms with Gasteiger partial charge in [0.2, 0.25) is 0 Å². The zero-order valence-corrected chi connectivity index (χ0v) is 18.6. The number of aromatic nitrogens is 2. The molecule has 2 N–H and O–H groups in total. The highest BCUT2D eigenvalue weighted by molar-refractivity contribution is 5.64. The number of piperazine rings is 1. The van der Waals surface area contributed by atoms with Crippen LogP contribution in [0.4, 0.5) is 11.4 Å². The highest BCUT2D eigenvalue weighted by Crippen LogP contribution is 2.17. The van der Waals surface area contributed by atoms with Crippen molar-refractivity contribution in [3.8, 4) is 0 Å². The van der Waals surface area contributed by atoms with Gasteiger partial charge in [0, 0.05) is 50.5 Å². The average Bonchev–Trinajstić information content (AvgIpc) is 2.75. The third-order valence-corrected chi connectivity index (χ3v) is 5.77. The Balaban J connectivity index is 1.51. The minimum Gasteiger partial charge on any atom is -0.394 e. The van der Waals surface area contributed by atoms with Crippen LogP contribution in [0.1, 0.15) is 43.0 Å². The summed E-state index contributed by atoms with van der Waals surface area (Å²) in [5.74, 6) is 0. The highest BCUT2D eigenvalue weighted by atomic mass is 16.1. The largest absolute Gasteiger partial charge is 0.394 e. The second kappa shape index (κ2) is 10.4. The van der Waals surface area contributed by atoms with E-state index in [0.29, 0.717) is 12.2 Å². The van der Waals surface area contributed by atoms with E-state index >= 15 is 0 Å². The number of unbranched alkanes of at least 4 members (excludes halogenated alkanes) is 1. The minimum atomic E-state index is -0.180. The molecular formula is C24H35N5O. The van der Waals surface area contributed by atoms with E-state index in [-0.39, 0.29) is 5.56 Å². The predicted octanol–water partition coefficient (Wildman–Crippen LogP) is 3.47. The van der Waals surface area contributed by atoms with E-state index in [2.05, 4.69) is 59.1 Å². The molecule has 6 heteroatoms. The van der Waals surface area contributed by atoms with Crippen molar-refractivity contribution < 1.29 is 0 Å². The van der Waals surface area contributed by atoms with Gasteiger partial charge in [0.25, 0.3) is 5.56 Å². The molecule has 1 aromatic heterocycles. The Morgan fingerprint density at radius 2 is 1.77 bits per heavy atom. The van der Waals surface area contributed by atoms with Crippen LogP contribution in [0.25, 0.3) is 6.08 Å². The van der Waals surface area contributed by atoms with Crippen LogP contribution < -0.4 is 16.2 Å². The number of nitrogens with two attached hydrogens (primary N) is 1. The Morgan fingerprint density at radius 3 is 2.43 bits per heavy atom. The summed E-state index contributed by atoms with van der Waals surface area (Å²) >= 11 is 0. The van der Waals surface area contributed by atoms with Gasteiger partial charge in [-0.25, -0.2) is 4.68 Å². The molecule has 0 radical (unpaired) electrons. The summed E-state index contributed by atoms with van der Waals surface area (Å²) < 4.78 is 1.53. The topological polar surface area (TPSA) is 67.4 Å². The van der Waals surface area contributed by atoms with Gasteiger partial charge < -0.3 is 10.6 Å². The van der Waals surface area contributed by atoms with Gasteiger partial charge in [0.05, 0.1) is 5.69 Å². The summed E-state index contributed by atoms with van der Waals surface area (Å²) in [6, 6.07) is 8.75. The van der Waals surface area contributed by atoms with Crippen LogP contribution in [-0.4, -0.2) is 47.4 Å². The molecule has 2 aromatic rings. The maximum absolute atomic E-state index is 12.6. The number of nitrogens with zero attached hydrogens (tertiary/aromatic N) is 4. The van der Waals surface area contributed by atoms with E-state index in [1.165, 1.54) is 15.9 Å². The molecule has 0 aliphatic carbocycles. The van der Waals surface area contributed by atoms with E-state index in [0.717, 1.165) is 63.2 Å². The minimum absolute atomic E-state index is 0.180. The molecule has 3 rings (SSSR count). The molecule has 1 fully saturated rings. The van der Waals surface area contributed by atoms with Gasteiger partial charge in [-0.15, -0.1) is 0 Å². The van der Waals surface area contributed by atoms with E-state index < -0.39 is 0 Å². The standard InChI is InChI=1S/C24H35N5O/c1-4-5-6-8-22-20(3)26-29(24(30)23(22)25)14-7-13-27-15-17-28(18-16-27)21-11-9-19(2)10-12-21/h6,8-12H,4-5,7,13-18,25H2,1-3H3/b8-6+. The van der Waals surface area contributed by atoms with Crippen LogP contribution in [-0.2, 0) is 6.54 Å². The van der Waals surface area contributed by atoms with Crippen LogP contribution in [0.15, 0.2) is 35.1 Å². The van der Waals surface area contributed by atoms with Gasteiger partial charge in [-0.2, -0.15) is 5.10 Å². The first kappa shape index (κ1) is 22.1. The van der Waals surface area contributed by atoms with Crippen molar-refractivity contribution in [1.82, 2.24) is 14.7 Å². The Hall–Kier alpha value is -2.60. The molecule has 1 aliphatic heterocycles. The van der Waals surface area contributed by atoms with Crippen molar-refractivity contribution >= 4 is 17.5 Å². The van der Waals surface area contributed by atoms with Crippen LogP contribution in [0.5, 0.6) is 0 Å². The first-order valence-corrected chi connectivity index (χ1v) is 11.1.